The second-order valence-corrected chi connectivity index (χ2v) is 5.44. The largest absolute Gasteiger partial charge is 0.434 e. The number of rotatable bonds is 3. The van der Waals surface area contributed by atoms with E-state index in [4.69, 9.17) is 0 Å². The van der Waals surface area contributed by atoms with E-state index < -0.39 is 11.9 Å². The van der Waals surface area contributed by atoms with E-state index in [1.54, 1.807) is 0 Å². The summed E-state index contributed by atoms with van der Waals surface area (Å²) < 4.78 is 36.9. The van der Waals surface area contributed by atoms with Crippen molar-refractivity contribution >= 4 is 0 Å². The molecule has 0 radical (unpaired) electrons. The molecule has 100 valence electrons. The Morgan fingerprint density at radius 1 is 1.22 bits per heavy atom. The van der Waals surface area contributed by atoms with Crippen molar-refractivity contribution in [3.8, 4) is 0 Å². The molecule has 0 N–H and O–H groups in total. The van der Waals surface area contributed by atoms with Gasteiger partial charge in [0, 0.05) is 6.20 Å². The van der Waals surface area contributed by atoms with Crippen molar-refractivity contribution < 1.29 is 13.2 Å². The minimum absolute atomic E-state index is 0.559. The molecule has 1 saturated carbocycles. The van der Waals surface area contributed by atoms with Gasteiger partial charge in [0.1, 0.15) is 0 Å². The van der Waals surface area contributed by atoms with E-state index in [2.05, 4.69) is 23.8 Å². The van der Waals surface area contributed by atoms with Crippen LogP contribution in [0.4, 0.5) is 13.2 Å². The first kappa shape index (κ1) is 13.3. The summed E-state index contributed by atoms with van der Waals surface area (Å²) in [7, 11) is 0. The van der Waals surface area contributed by atoms with Crippen LogP contribution in [0.2, 0.25) is 0 Å². The summed E-state index contributed by atoms with van der Waals surface area (Å²) in [6.07, 6.45) is 0.735. The monoisotopic (exact) mass is 258 g/mol. The molecule has 0 bridgehead atoms. The number of alkyl halides is 3. The minimum Gasteiger partial charge on any atom is -0.257 e. The summed E-state index contributed by atoms with van der Waals surface area (Å²) >= 11 is 0. The zero-order valence-electron chi connectivity index (χ0n) is 10.5. The number of halogens is 3. The molecule has 0 aromatic carbocycles. The van der Waals surface area contributed by atoms with Crippen LogP contribution >= 0.6 is 0 Å². The molecule has 18 heavy (non-hydrogen) atoms. The summed E-state index contributed by atoms with van der Waals surface area (Å²) in [5.74, 6) is 2.01. The summed E-state index contributed by atoms with van der Waals surface area (Å²) in [4.78, 5) is 7.28. The van der Waals surface area contributed by atoms with Crippen molar-refractivity contribution in [1.29, 1.82) is 0 Å². The van der Waals surface area contributed by atoms with E-state index in [0.717, 1.165) is 31.4 Å². The van der Waals surface area contributed by atoms with Gasteiger partial charge in [-0.3, -0.25) is 4.98 Å². The SMILES string of the molecule is CC(C)C1CC(Cc2cnc(C(F)(F)F)cn2)C1. The van der Waals surface area contributed by atoms with Gasteiger partial charge in [0.2, 0.25) is 0 Å². The molecule has 0 spiro atoms. The molecule has 2 nitrogen and oxygen atoms in total. The Labute approximate surface area is 105 Å². The van der Waals surface area contributed by atoms with Crippen LogP contribution in [0.25, 0.3) is 0 Å². The fourth-order valence-electron chi connectivity index (χ4n) is 2.40. The zero-order chi connectivity index (χ0) is 13.3. The predicted molar refractivity (Wildman–Crippen MR) is 61.8 cm³/mol. The molecular weight excluding hydrogens is 241 g/mol. The average molecular weight is 258 g/mol. The van der Waals surface area contributed by atoms with Crippen molar-refractivity contribution in [2.45, 2.75) is 39.3 Å². The van der Waals surface area contributed by atoms with Gasteiger partial charge >= 0.3 is 6.18 Å². The molecule has 1 heterocycles. The highest BCUT2D eigenvalue weighted by Gasteiger charge is 2.34. The Kier molecular flexibility index (Phi) is 3.59. The fourth-order valence-corrected chi connectivity index (χ4v) is 2.40. The maximum atomic E-state index is 12.3. The topological polar surface area (TPSA) is 25.8 Å². The standard InChI is InChI=1S/C13H17F3N2/c1-8(2)10-3-9(4-10)5-11-6-18-12(7-17-11)13(14,15)16/h6-10H,3-5H2,1-2H3. The molecule has 5 heteroatoms. The third-order valence-corrected chi connectivity index (χ3v) is 3.71. The Morgan fingerprint density at radius 2 is 1.89 bits per heavy atom. The lowest BCUT2D eigenvalue weighted by Crippen LogP contribution is -2.29. The van der Waals surface area contributed by atoms with Crippen LogP contribution in [0.5, 0.6) is 0 Å². The quantitative estimate of drug-likeness (QED) is 0.825. The highest BCUT2D eigenvalue weighted by molar-refractivity contribution is 5.06. The van der Waals surface area contributed by atoms with E-state index in [9.17, 15) is 13.2 Å². The van der Waals surface area contributed by atoms with Gasteiger partial charge in [-0.1, -0.05) is 13.8 Å². The maximum absolute atomic E-state index is 12.3. The van der Waals surface area contributed by atoms with E-state index >= 15 is 0 Å². The maximum Gasteiger partial charge on any atom is 0.434 e. The van der Waals surface area contributed by atoms with Crippen LogP contribution in [0.1, 0.15) is 38.1 Å². The van der Waals surface area contributed by atoms with Crippen molar-refractivity contribution in [2.75, 3.05) is 0 Å². The van der Waals surface area contributed by atoms with Gasteiger partial charge in [0.15, 0.2) is 5.69 Å². The third-order valence-electron chi connectivity index (χ3n) is 3.71. The first-order valence-electron chi connectivity index (χ1n) is 6.24. The van der Waals surface area contributed by atoms with Crippen LogP contribution in [0, 0.1) is 17.8 Å². The molecule has 1 aromatic heterocycles. The van der Waals surface area contributed by atoms with Gasteiger partial charge in [0.05, 0.1) is 11.9 Å². The smallest absolute Gasteiger partial charge is 0.257 e. The average Bonchev–Trinajstić information content (AvgIpc) is 2.21. The molecule has 0 unspecified atom stereocenters. The van der Waals surface area contributed by atoms with Gasteiger partial charge in [-0.2, -0.15) is 13.2 Å². The lowest BCUT2D eigenvalue weighted by molar-refractivity contribution is -0.141. The number of aromatic nitrogens is 2. The van der Waals surface area contributed by atoms with Crippen molar-refractivity contribution in [1.82, 2.24) is 9.97 Å². The molecule has 0 atom stereocenters. The predicted octanol–water partition coefficient (Wildman–Crippen LogP) is 3.72. The van der Waals surface area contributed by atoms with Crippen LogP contribution in [0.15, 0.2) is 12.4 Å². The van der Waals surface area contributed by atoms with E-state index in [1.807, 2.05) is 0 Å². The van der Waals surface area contributed by atoms with Crippen molar-refractivity contribution in [2.24, 2.45) is 17.8 Å². The third kappa shape index (κ3) is 3.00. The van der Waals surface area contributed by atoms with Crippen molar-refractivity contribution in [3.05, 3.63) is 23.8 Å². The molecular formula is C13H17F3N2. The minimum atomic E-state index is -4.40. The van der Waals surface area contributed by atoms with E-state index in [1.165, 1.54) is 6.20 Å². The summed E-state index contributed by atoms with van der Waals surface area (Å²) in [5, 5.41) is 0. The molecule has 1 fully saturated rings. The zero-order valence-corrected chi connectivity index (χ0v) is 10.5. The van der Waals surface area contributed by atoms with Crippen molar-refractivity contribution in [3.63, 3.8) is 0 Å². The van der Waals surface area contributed by atoms with Gasteiger partial charge in [-0.05, 0) is 37.0 Å². The van der Waals surface area contributed by atoms with Crippen LogP contribution in [0.3, 0.4) is 0 Å². The van der Waals surface area contributed by atoms with Crippen LogP contribution in [-0.2, 0) is 12.6 Å². The summed E-state index contributed by atoms with van der Waals surface area (Å²) in [5.41, 5.74) is -0.255. The van der Waals surface area contributed by atoms with E-state index in [-0.39, 0.29) is 0 Å². The first-order chi connectivity index (χ1) is 8.36. The summed E-state index contributed by atoms with van der Waals surface area (Å²) in [6.45, 7) is 4.41. The second-order valence-electron chi connectivity index (χ2n) is 5.44. The molecule has 1 aliphatic carbocycles. The lowest BCUT2D eigenvalue weighted by atomic mass is 9.68. The molecule has 0 amide bonds. The normalized spacial score (nSPS) is 24.1. The first-order valence-corrected chi connectivity index (χ1v) is 6.24. The van der Waals surface area contributed by atoms with Gasteiger partial charge in [-0.25, -0.2) is 4.98 Å². The van der Waals surface area contributed by atoms with E-state index in [0.29, 0.717) is 17.5 Å². The lowest BCUT2D eigenvalue weighted by Gasteiger charge is -2.38. The molecule has 0 saturated heterocycles. The molecule has 1 aromatic rings. The molecule has 1 aliphatic rings. The van der Waals surface area contributed by atoms with Crippen LogP contribution < -0.4 is 0 Å². The van der Waals surface area contributed by atoms with Gasteiger partial charge < -0.3 is 0 Å². The number of hydrogen-bond acceptors (Lipinski definition) is 2. The molecule has 0 aliphatic heterocycles. The highest BCUT2D eigenvalue weighted by Crippen LogP contribution is 2.40. The summed E-state index contributed by atoms with van der Waals surface area (Å²) in [6, 6.07) is 0. The van der Waals surface area contributed by atoms with Gasteiger partial charge in [-0.15, -0.1) is 0 Å². The Morgan fingerprint density at radius 3 is 2.33 bits per heavy atom. The highest BCUT2D eigenvalue weighted by atomic mass is 19.4. The second kappa shape index (κ2) is 4.86. The molecule has 2 rings (SSSR count). The Hall–Kier alpha value is -1.13. The Balaban J connectivity index is 1.89. The fraction of sp³-hybridized carbons (Fsp3) is 0.692. The number of nitrogens with zero attached hydrogens (tertiary/aromatic N) is 2. The number of hydrogen-bond donors (Lipinski definition) is 0. The Bertz CT molecular complexity index is 392. The van der Waals surface area contributed by atoms with Gasteiger partial charge in [0.25, 0.3) is 0 Å². The van der Waals surface area contributed by atoms with Crippen LogP contribution in [-0.4, -0.2) is 9.97 Å².